The van der Waals surface area contributed by atoms with Crippen LogP contribution in [0.3, 0.4) is 0 Å². The van der Waals surface area contributed by atoms with Gasteiger partial charge in [-0.2, -0.15) is 0 Å². The second kappa shape index (κ2) is 8.34. The molecule has 126 valence electrons. The summed E-state index contributed by atoms with van der Waals surface area (Å²) < 4.78 is 5.99. The maximum Gasteiger partial charge on any atom is 0.213 e. The van der Waals surface area contributed by atoms with Gasteiger partial charge < -0.3 is 4.74 Å². The SMILES string of the molecule is CS/C(=N\c1ccc(C)cc1)[C@H]1CC[C@H](Oc2ccccn2)CC1. The van der Waals surface area contributed by atoms with Crippen LogP contribution in [0.5, 0.6) is 5.88 Å². The van der Waals surface area contributed by atoms with Gasteiger partial charge in [0.25, 0.3) is 0 Å². The lowest BCUT2D eigenvalue weighted by Gasteiger charge is -2.29. The Morgan fingerprint density at radius 2 is 1.83 bits per heavy atom. The number of hydrogen-bond acceptors (Lipinski definition) is 4. The van der Waals surface area contributed by atoms with Crippen molar-refractivity contribution in [2.75, 3.05) is 6.26 Å². The molecule has 0 aliphatic heterocycles. The molecular weight excluding hydrogens is 316 g/mol. The summed E-state index contributed by atoms with van der Waals surface area (Å²) in [6, 6.07) is 14.2. The third kappa shape index (κ3) is 4.60. The topological polar surface area (TPSA) is 34.5 Å². The maximum atomic E-state index is 5.99. The normalized spacial score (nSPS) is 21.5. The summed E-state index contributed by atoms with van der Waals surface area (Å²) in [5.41, 5.74) is 2.32. The molecule has 2 aromatic rings. The number of hydrogen-bond donors (Lipinski definition) is 0. The molecule has 0 saturated heterocycles. The molecule has 0 unspecified atom stereocenters. The first-order valence-electron chi connectivity index (χ1n) is 8.51. The van der Waals surface area contributed by atoms with Crippen molar-refractivity contribution in [3.05, 3.63) is 54.2 Å². The summed E-state index contributed by atoms with van der Waals surface area (Å²) in [4.78, 5) is 9.13. The number of ether oxygens (including phenoxy) is 1. The Bertz CT molecular complexity index is 662. The summed E-state index contributed by atoms with van der Waals surface area (Å²) >= 11 is 1.78. The van der Waals surface area contributed by atoms with E-state index in [9.17, 15) is 0 Å². The fraction of sp³-hybridized carbons (Fsp3) is 0.400. The van der Waals surface area contributed by atoms with Gasteiger partial charge >= 0.3 is 0 Å². The number of pyridine rings is 1. The monoisotopic (exact) mass is 340 g/mol. The third-order valence-corrected chi connectivity index (χ3v) is 5.27. The van der Waals surface area contributed by atoms with E-state index in [-0.39, 0.29) is 6.10 Å². The van der Waals surface area contributed by atoms with Gasteiger partial charge in [-0.1, -0.05) is 23.8 Å². The van der Waals surface area contributed by atoms with Crippen molar-refractivity contribution in [1.82, 2.24) is 4.98 Å². The molecule has 0 radical (unpaired) electrons. The van der Waals surface area contributed by atoms with Crippen LogP contribution in [0, 0.1) is 12.8 Å². The molecule has 0 atom stereocenters. The maximum absolute atomic E-state index is 5.99. The lowest BCUT2D eigenvalue weighted by molar-refractivity contribution is 0.139. The van der Waals surface area contributed by atoms with Crippen LogP contribution >= 0.6 is 11.8 Å². The van der Waals surface area contributed by atoms with Crippen LogP contribution < -0.4 is 4.74 Å². The first kappa shape index (κ1) is 17.0. The second-order valence-electron chi connectivity index (χ2n) is 6.25. The molecule has 0 bridgehead atoms. The molecule has 1 heterocycles. The number of thioether (sulfide) groups is 1. The smallest absolute Gasteiger partial charge is 0.213 e. The van der Waals surface area contributed by atoms with Gasteiger partial charge in [0.15, 0.2) is 0 Å². The summed E-state index contributed by atoms with van der Waals surface area (Å²) in [5.74, 6) is 1.28. The molecule has 0 spiro atoms. The molecule has 1 fully saturated rings. The van der Waals surface area contributed by atoms with E-state index in [1.54, 1.807) is 18.0 Å². The van der Waals surface area contributed by atoms with Gasteiger partial charge in [0, 0.05) is 18.2 Å². The molecule has 3 nitrogen and oxygen atoms in total. The Hall–Kier alpha value is -1.81. The molecule has 1 aliphatic carbocycles. The molecular formula is C20H24N2OS. The minimum absolute atomic E-state index is 0.277. The average molecular weight is 340 g/mol. The summed E-state index contributed by atoms with van der Waals surface area (Å²) in [7, 11) is 0. The van der Waals surface area contributed by atoms with E-state index >= 15 is 0 Å². The quantitative estimate of drug-likeness (QED) is 0.550. The fourth-order valence-electron chi connectivity index (χ4n) is 3.07. The lowest BCUT2D eigenvalue weighted by atomic mass is 9.88. The van der Waals surface area contributed by atoms with E-state index < -0.39 is 0 Å². The number of aromatic nitrogens is 1. The Morgan fingerprint density at radius 3 is 2.46 bits per heavy atom. The molecule has 1 saturated carbocycles. The van der Waals surface area contributed by atoms with Crippen LogP contribution in [0.4, 0.5) is 5.69 Å². The highest BCUT2D eigenvalue weighted by Gasteiger charge is 2.26. The van der Waals surface area contributed by atoms with Crippen LogP contribution in [0.2, 0.25) is 0 Å². The van der Waals surface area contributed by atoms with Crippen molar-refractivity contribution in [2.24, 2.45) is 10.9 Å². The Kier molecular flexibility index (Phi) is 5.91. The van der Waals surface area contributed by atoms with Gasteiger partial charge in [0.2, 0.25) is 5.88 Å². The van der Waals surface area contributed by atoms with Crippen LogP contribution in [0.1, 0.15) is 31.2 Å². The molecule has 4 heteroatoms. The van der Waals surface area contributed by atoms with E-state index in [1.807, 2.05) is 18.2 Å². The van der Waals surface area contributed by atoms with E-state index in [2.05, 4.69) is 42.4 Å². The number of aryl methyl sites for hydroxylation is 1. The second-order valence-corrected chi connectivity index (χ2v) is 7.08. The highest BCUT2D eigenvalue weighted by molar-refractivity contribution is 8.13. The summed E-state index contributed by atoms with van der Waals surface area (Å²) in [5, 5.41) is 1.25. The van der Waals surface area contributed by atoms with Crippen molar-refractivity contribution < 1.29 is 4.74 Å². The largest absolute Gasteiger partial charge is 0.474 e. The standard InChI is InChI=1S/C20H24N2OS/c1-15-6-10-17(11-7-15)22-20(24-2)16-8-12-18(13-9-16)23-19-5-3-4-14-21-19/h3-7,10-11,14,16,18H,8-9,12-13H2,1-2H3/b22-20-/t16-,18-. The fourth-order valence-corrected chi connectivity index (χ4v) is 3.83. The van der Waals surface area contributed by atoms with Gasteiger partial charge in [0.05, 0.1) is 10.7 Å². The van der Waals surface area contributed by atoms with E-state index in [0.717, 1.165) is 37.3 Å². The molecule has 3 rings (SSSR count). The first-order valence-corrected chi connectivity index (χ1v) is 9.74. The predicted molar refractivity (Wildman–Crippen MR) is 102 cm³/mol. The number of rotatable bonds is 4. The molecule has 0 amide bonds. The summed E-state index contributed by atoms with van der Waals surface area (Å²) in [6.07, 6.45) is 8.57. The Balaban J connectivity index is 1.59. The minimum Gasteiger partial charge on any atom is -0.474 e. The van der Waals surface area contributed by atoms with Gasteiger partial charge in [0.1, 0.15) is 6.10 Å². The molecule has 1 aliphatic rings. The highest BCUT2D eigenvalue weighted by Crippen LogP contribution is 2.32. The van der Waals surface area contributed by atoms with Crippen molar-refractivity contribution in [3.63, 3.8) is 0 Å². The molecule has 1 aromatic carbocycles. The third-order valence-electron chi connectivity index (χ3n) is 4.43. The number of nitrogens with zero attached hydrogens (tertiary/aromatic N) is 2. The van der Waals surface area contributed by atoms with E-state index in [4.69, 9.17) is 9.73 Å². The van der Waals surface area contributed by atoms with Gasteiger partial charge in [-0.05, 0) is 57.1 Å². The van der Waals surface area contributed by atoms with E-state index in [0.29, 0.717) is 5.92 Å². The van der Waals surface area contributed by atoms with Crippen molar-refractivity contribution >= 4 is 22.5 Å². The minimum atomic E-state index is 0.277. The van der Waals surface area contributed by atoms with Gasteiger partial charge in [-0.25, -0.2) is 9.98 Å². The zero-order valence-corrected chi connectivity index (χ0v) is 15.1. The van der Waals surface area contributed by atoms with Crippen LogP contribution in [-0.4, -0.2) is 22.4 Å². The Morgan fingerprint density at radius 1 is 1.08 bits per heavy atom. The molecule has 24 heavy (non-hydrogen) atoms. The van der Waals surface area contributed by atoms with Crippen LogP contribution in [-0.2, 0) is 0 Å². The molecule has 0 N–H and O–H groups in total. The number of aliphatic imine (C=N–C) groups is 1. The van der Waals surface area contributed by atoms with Gasteiger partial charge in [-0.3, -0.25) is 0 Å². The van der Waals surface area contributed by atoms with Crippen LogP contribution in [0.25, 0.3) is 0 Å². The van der Waals surface area contributed by atoms with Gasteiger partial charge in [-0.15, -0.1) is 11.8 Å². The predicted octanol–water partition coefficient (Wildman–Crippen LogP) is 5.42. The lowest BCUT2D eigenvalue weighted by Crippen LogP contribution is -2.27. The number of benzene rings is 1. The zero-order chi connectivity index (χ0) is 16.8. The Labute approximate surface area is 148 Å². The average Bonchev–Trinajstić information content (AvgIpc) is 2.63. The zero-order valence-electron chi connectivity index (χ0n) is 14.3. The highest BCUT2D eigenvalue weighted by atomic mass is 32.2. The van der Waals surface area contributed by atoms with Crippen molar-refractivity contribution in [2.45, 2.75) is 38.7 Å². The van der Waals surface area contributed by atoms with E-state index in [1.165, 1.54) is 10.6 Å². The van der Waals surface area contributed by atoms with Crippen molar-refractivity contribution in [1.29, 1.82) is 0 Å². The van der Waals surface area contributed by atoms with Crippen LogP contribution in [0.15, 0.2) is 53.7 Å². The summed E-state index contributed by atoms with van der Waals surface area (Å²) in [6.45, 7) is 2.10. The first-order chi connectivity index (χ1) is 11.7. The molecule has 1 aromatic heterocycles. The van der Waals surface area contributed by atoms with Crippen molar-refractivity contribution in [3.8, 4) is 5.88 Å².